The summed E-state index contributed by atoms with van der Waals surface area (Å²) < 4.78 is 10.9. The van der Waals surface area contributed by atoms with Crippen LogP contribution in [0, 0.1) is 0 Å². The maximum Gasteiger partial charge on any atom is 0.220 e. The Balaban J connectivity index is 1.55. The van der Waals surface area contributed by atoms with Crippen molar-refractivity contribution in [3.05, 3.63) is 29.3 Å². The van der Waals surface area contributed by atoms with E-state index in [9.17, 15) is 4.79 Å². The van der Waals surface area contributed by atoms with E-state index in [4.69, 9.17) is 21.1 Å². The Hall–Kier alpha value is -1.26. The van der Waals surface area contributed by atoms with E-state index in [0.29, 0.717) is 31.1 Å². The SMILES string of the molecule is CCOC1CC1NC(=O)CCCOc1ccc(Cl)cc1. The number of carbonyl (C=O) groups is 1. The van der Waals surface area contributed by atoms with Gasteiger partial charge in [-0.2, -0.15) is 0 Å². The molecule has 0 heterocycles. The van der Waals surface area contributed by atoms with Crippen molar-refractivity contribution in [1.29, 1.82) is 0 Å². The fraction of sp³-hybridized carbons (Fsp3) is 0.533. The number of benzene rings is 1. The summed E-state index contributed by atoms with van der Waals surface area (Å²) in [5.41, 5.74) is 0. The molecular formula is C15H20ClNO3. The molecule has 5 heteroatoms. The van der Waals surface area contributed by atoms with Gasteiger partial charge in [-0.05, 0) is 44.0 Å². The van der Waals surface area contributed by atoms with E-state index in [1.54, 1.807) is 12.1 Å². The molecule has 2 atom stereocenters. The van der Waals surface area contributed by atoms with Gasteiger partial charge in [-0.15, -0.1) is 0 Å². The first-order valence-electron chi connectivity index (χ1n) is 6.98. The Morgan fingerprint density at radius 3 is 2.85 bits per heavy atom. The molecule has 1 aromatic carbocycles. The van der Waals surface area contributed by atoms with Crippen LogP contribution in [0.5, 0.6) is 5.75 Å². The molecule has 1 fully saturated rings. The van der Waals surface area contributed by atoms with Crippen LogP contribution in [-0.4, -0.2) is 31.3 Å². The fourth-order valence-corrected chi connectivity index (χ4v) is 2.08. The topological polar surface area (TPSA) is 47.6 Å². The molecule has 0 radical (unpaired) electrons. The van der Waals surface area contributed by atoms with Crippen LogP contribution in [0.2, 0.25) is 5.02 Å². The molecule has 0 saturated heterocycles. The van der Waals surface area contributed by atoms with Crippen LogP contribution in [0.3, 0.4) is 0 Å². The van der Waals surface area contributed by atoms with Crippen molar-refractivity contribution in [2.75, 3.05) is 13.2 Å². The minimum Gasteiger partial charge on any atom is -0.494 e. The highest BCUT2D eigenvalue weighted by atomic mass is 35.5. The molecular weight excluding hydrogens is 278 g/mol. The predicted molar refractivity (Wildman–Crippen MR) is 78.1 cm³/mol. The Morgan fingerprint density at radius 1 is 1.40 bits per heavy atom. The van der Waals surface area contributed by atoms with Crippen molar-refractivity contribution >= 4 is 17.5 Å². The zero-order valence-corrected chi connectivity index (χ0v) is 12.4. The Kier molecular flexibility index (Phi) is 5.68. The second kappa shape index (κ2) is 7.50. The number of ether oxygens (including phenoxy) is 2. The van der Waals surface area contributed by atoms with Gasteiger partial charge in [0, 0.05) is 18.1 Å². The van der Waals surface area contributed by atoms with Crippen LogP contribution in [-0.2, 0) is 9.53 Å². The lowest BCUT2D eigenvalue weighted by atomic mass is 10.3. The van der Waals surface area contributed by atoms with Crippen LogP contribution < -0.4 is 10.1 Å². The van der Waals surface area contributed by atoms with Crippen molar-refractivity contribution in [2.45, 2.75) is 38.3 Å². The van der Waals surface area contributed by atoms with Gasteiger partial charge in [-0.25, -0.2) is 0 Å². The first-order valence-corrected chi connectivity index (χ1v) is 7.36. The lowest BCUT2D eigenvalue weighted by Crippen LogP contribution is -2.28. The molecule has 1 saturated carbocycles. The summed E-state index contributed by atoms with van der Waals surface area (Å²) in [5.74, 6) is 0.838. The molecule has 0 aliphatic heterocycles. The standard InChI is InChI=1S/C15H20ClNO3/c1-2-19-14-10-13(14)17-15(18)4-3-9-20-12-7-5-11(16)6-8-12/h5-8,13-14H,2-4,9-10H2,1H3,(H,17,18). The Labute approximate surface area is 124 Å². The first-order chi connectivity index (χ1) is 9.69. The molecule has 2 rings (SSSR count). The normalized spacial score (nSPS) is 20.5. The average Bonchev–Trinajstić information content (AvgIpc) is 3.15. The minimum atomic E-state index is 0.0666. The summed E-state index contributed by atoms with van der Waals surface area (Å²) in [4.78, 5) is 11.7. The number of rotatable bonds is 8. The second-order valence-electron chi connectivity index (χ2n) is 4.81. The van der Waals surface area contributed by atoms with Gasteiger partial charge in [-0.1, -0.05) is 11.6 Å². The average molecular weight is 298 g/mol. The Bertz CT molecular complexity index is 435. The van der Waals surface area contributed by atoms with E-state index in [1.165, 1.54) is 0 Å². The van der Waals surface area contributed by atoms with Gasteiger partial charge >= 0.3 is 0 Å². The maximum atomic E-state index is 11.7. The molecule has 1 aliphatic rings. The third kappa shape index (κ3) is 5.02. The fourth-order valence-electron chi connectivity index (χ4n) is 1.95. The molecule has 20 heavy (non-hydrogen) atoms. The monoisotopic (exact) mass is 297 g/mol. The number of hydrogen-bond donors (Lipinski definition) is 1. The first kappa shape index (κ1) is 15.1. The minimum absolute atomic E-state index is 0.0666. The molecule has 0 bridgehead atoms. The molecule has 1 aliphatic carbocycles. The molecule has 1 N–H and O–H groups in total. The predicted octanol–water partition coefficient (Wildman–Crippen LogP) is 2.79. The smallest absolute Gasteiger partial charge is 0.220 e. The number of nitrogens with one attached hydrogen (secondary N) is 1. The van der Waals surface area contributed by atoms with Crippen molar-refractivity contribution in [3.63, 3.8) is 0 Å². The van der Waals surface area contributed by atoms with Crippen LogP contribution in [0.25, 0.3) is 0 Å². The van der Waals surface area contributed by atoms with Crippen LogP contribution in [0.4, 0.5) is 0 Å². The highest BCUT2D eigenvalue weighted by Crippen LogP contribution is 2.25. The van der Waals surface area contributed by atoms with E-state index < -0.39 is 0 Å². The van der Waals surface area contributed by atoms with E-state index in [0.717, 1.165) is 12.2 Å². The molecule has 4 nitrogen and oxygen atoms in total. The highest BCUT2D eigenvalue weighted by Gasteiger charge is 2.38. The van der Waals surface area contributed by atoms with Gasteiger partial charge < -0.3 is 14.8 Å². The number of amides is 1. The van der Waals surface area contributed by atoms with E-state index in [-0.39, 0.29) is 18.1 Å². The summed E-state index contributed by atoms with van der Waals surface area (Å²) in [6.45, 7) is 3.19. The lowest BCUT2D eigenvalue weighted by Gasteiger charge is -2.07. The van der Waals surface area contributed by atoms with Gasteiger partial charge in [0.15, 0.2) is 0 Å². The zero-order chi connectivity index (χ0) is 14.4. The molecule has 0 aromatic heterocycles. The number of carbonyl (C=O) groups excluding carboxylic acids is 1. The summed E-state index contributed by atoms with van der Waals surface area (Å²) >= 11 is 5.78. The largest absolute Gasteiger partial charge is 0.494 e. The second-order valence-corrected chi connectivity index (χ2v) is 5.25. The lowest BCUT2D eigenvalue weighted by molar-refractivity contribution is -0.121. The van der Waals surface area contributed by atoms with Gasteiger partial charge in [0.05, 0.1) is 18.8 Å². The van der Waals surface area contributed by atoms with E-state index in [2.05, 4.69) is 5.32 Å². The van der Waals surface area contributed by atoms with E-state index in [1.807, 2.05) is 19.1 Å². The van der Waals surface area contributed by atoms with Gasteiger partial charge in [0.2, 0.25) is 5.91 Å². The highest BCUT2D eigenvalue weighted by molar-refractivity contribution is 6.30. The van der Waals surface area contributed by atoms with Crippen LogP contribution in [0.1, 0.15) is 26.2 Å². The third-order valence-electron chi connectivity index (χ3n) is 3.09. The van der Waals surface area contributed by atoms with Crippen molar-refractivity contribution in [1.82, 2.24) is 5.32 Å². The zero-order valence-electron chi connectivity index (χ0n) is 11.6. The van der Waals surface area contributed by atoms with Gasteiger partial charge in [-0.3, -0.25) is 4.79 Å². The van der Waals surface area contributed by atoms with Crippen LogP contribution in [0.15, 0.2) is 24.3 Å². The number of hydrogen-bond acceptors (Lipinski definition) is 3. The summed E-state index contributed by atoms with van der Waals surface area (Å²) in [6, 6.07) is 7.41. The van der Waals surface area contributed by atoms with Crippen LogP contribution >= 0.6 is 11.6 Å². The summed E-state index contributed by atoms with van der Waals surface area (Å²) in [7, 11) is 0. The number of halogens is 1. The van der Waals surface area contributed by atoms with E-state index >= 15 is 0 Å². The van der Waals surface area contributed by atoms with Crippen molar-refractivity contribution in [3.8, 4) is 5.75 Å². The molecule has 1 amide bonds. The Morgan fingerprint density at radius 2 is 2.15 bits per heavy atom. The molecule has 2 unspecified atom stereocenters. The molecule has 0 spiro atoms. The van der Waals surface area contributed by atoms with Crippen molar-refractivity contribution < 1.29 is 14.3 Å². The molecule has 110 valence electrons. The third-order valence-corrected chi connectivity index (χ3v) is 3.34. The van der Waals surface area contributed by atoms with Gasteiger partial charge in [0.25, 0.3) is 0 Å². The van der Waals surface area contributed by atoms with Crippen molar-refractivity contribution in [2.24, 2.45) is 0 Å². The van der Waals surface area contributed by atoms with Gasteiger partial charge in [0.1, 0.15) is 5.75 Å². The molecule has 1 aromatic rings. The maximum absolute atomic E-state index is 11.7. The summed E-state index contributed by atoms with van der Waals surface area (Å²) in [6.07, 6.45) is 2.32. The quantitative estimate of drug-likeness (QED) is 0.751. The summed E-state index contributed by atoms with van der Waals surface area (Å²) in [5, 5.41) is 3.64.